The normalized spacial score (nSPS) is 17.6. The summed E-state index contributed by atoms with van der Waals surface area (Å²) >= 11 is 5.96. The number of fused-ring (bicyclic) bond motifs is 1. The van der Waals surface area contributed by atoms with Crippen molar-refractivity contribution in [1.29, 1.82) is 0 Å². The van der Waals surface area contributed by atoms with Crippen molar-refractivity contribution in [2.75, 3.05) is 0 Å². The molecule has 20 heavy (non-hydrogen) atoms. The lowest BCUT2D eigenvalue weighted by Crippen LogP contribution is -2.20. The van der Waals surface area contributed by atoms with Gasteiger partial charge in [-0.15, -0.1) is 0 Å². The second kappa shape index (κ2) is 4.87. The van der Waals surface area contributed by atoms with Crippen LogP contribution in [-0.2, 0) is 0 Å². The summed E-state index contributed by atoms with van der Waals surface area (Å²) in [6.07, 6.45) is -0.547. The molecule has 0 bridgehead atoms. The fourth-order valence-corrected chi connectivity index (χ4v) is 2.52. The van der Waals surface area contributed by atoms with E-state index in [2.05, 4.69) is 0 Å². The van der Waals surface area contributed by atoms with Crippen LogP contribution < -0.4 is 4.74 Å². The number of ketones is 1. The van der Waals surface area contributed by atoms with Gasteiger partial charge in [0.2, 0.25) is 0 Å². The van der Waals surface area contributed by atoms with Gasteiger partial charge in [-0.25, -0.2) is 8.78 Å². The second-order valence-electron chi connectivity index (χ2n) is 4.54. The van der Waals surface area contributed by atoms with Crippen molar-refractivity contribution >= 4 is 17.4 Å². The summed E-state index contributed by atoms with van der Waals surface area (Å²) in [5.41, 5.74) is 0.859. The Bertz CT molecular complexity index is 700. The molecular formula is C15H9ClF2O2. The Hall–Kier alpha value is -1.94. The van der Waals surface area contributed by atoms with Crippen LogP contribution in [-0.4, -0.2) is 5.78 Å². The van der Waals surface area contributed by atoms with Crippen molar-refractivity contribution in [3.63, 3.8) is 0 Å². The monoisotopic (exact) mass is 294 g/mol. The molecule has 0 N–H and O–H groups in total. The molecule has 2 nitrogen and oxygen atoms in total. The highest BCUT2D eigenvalue weighted by molar-refractivity contribution is 6.31. The van der Waals surface area contributed by atoms with Crippen LogP contribution in [0.25, 0.3) is 0 Å². The molecule has 1 atom stereocenters. The first-order valence-electron chi connectivity index (χ1n) is 5.99. The summed E-state index contributed by atoms with van der Waals surface area (Å²) in [5.74, 6) is -0.919. The van der Waals surface area contributed by atoms with Crippen molar-refractivity contribution in [3.8, 4) is 5.75 Å². The third-order valence-electron chi connectivity index (χ3n) is 3.19. The summed E-state index contributed by atoms with van der Waals surface area (Å²) in [6.45, 7) is 0. The van der Waals surface area contributed by atoms with Gasteiger partial charge in [0.25, 0.3) is 0 Å². The Balaban J connectivity index is 2.00. The van der Waals surface area contributed by atoms with Gasteiger partial charge in [-0.3, -0.25) is 4.79 Å². The molecule has 0 aliphatic carbocycles. The Morgan fingerprint density at radius 3 is 2.55 bits per heavy atom. The number of benzene rings is 2. The lowest BCUT2D eigenvalue weighted by atomic mass is 9.96. The highest BCUT2D eigenvalue weighted by Crippen LogP contribution is 2.37. The van der Waals surface area contributed by atoms with Crippen LogP contribution in [0, 0.1) is 11.6 Å². The van der Waals surface area contributed by atoms with Crippen LogP contribution in [0.15, 0.2) is 36.4 Å². The quantitative estimate of drug-likeness (QED) is 0.783. The summed E-state index contributed by atoms with van der Waals surface area (Å²) in [5, 5.41) is 0.183. The van der Waals surface area contributed by atoms with Crippen LogP contribution in [0.5, 0.6) is 5.75 Å². The van der Waals surface area contributed by atoms with Gasteiger partial charge in [0.15, 0.2) is 5.78 Å². The number of Topliss-reactive ketones (excluding diaryl/α,β-unsaturated/α-hetero) is 1. The number of rotatable bonds is 1. The summed E-state index contributed by atoms with van der Waals surface area (Å²) in [6, 6.07) is 7.65. The van der Waals surface area contributed by atoms with E-state index in [4.69, 9.17) is 16.3 Å². The van der Waals surface area contributed by atoms with E-state index in [1.807, 2.05) is 0 Å². The first kappa shape index (κ1) is 13.1. The zero-order valence-electron chi connectivity index (χ0n) is 10.2. The molecule has 5 heteroatoms. The number of ether oxygens (including phenoxy) is 1. The van der Waals surface area contributed by atoms with Gasteiger partial charge in [-0.05, 0) is 24.3 Å². The molecule has 0 fully saturated rings. The van der Waals surface area contributed by atoms with E-state index in [1.54, 1.807) is 0 Å². The predicted octanol–water partition coefficient (Wildman–Crippen LogP) is 4.32. The van der Waals surface area contributed by atoms with Gasteiger partial charge < -0.3 is 4.74 Å². The van der Waals surface area contributed by atoms with Crippen molar-refractivity contribution in [2.24, 2.45) is 0 Å². The Morgan fingerprint density at radius 1 is 1.10 bits per heavy atom. The van der Waals surface area contributed by atoms with E-state index < -0.39 is 17.7 Å². The van der Waals surface area contributed by atoms with Crippen LogP contribution in [0.3, 0.4) is 0 Å². The van der Waals surface area contributed by atoms with Crippen LogP contribution in [0.2, 0.25) is 5.02 Å². The van der Waals surface area contributed by atoms with Crippen molar-refractivity contribution in [2.45, 2.75) is 12.5 Å². The molecule has 0 saturated carbocycles. The number of carbonyl (C=O) groups excluding carboxylic acids is 1. The average Bonchev–Trinajstić information content (AvgIpc) is 2.37. The Kier molecular flexibility index (Phi) is 3.18. The van der Waals surface area contributed by atoms with Gasteiger partial charge in [-0.1, -0.05) is 17.7 Å². The van der Waals surface area contributed by atoms with Gasteiger partial charge in [-0.2, -0.15) is 0 Å². The molecule has 0 aromatic heterocycles. The maximum absolute atomic E-state index is 13.2. The molecule has 1 aliphatic rings. The highest BCUT2D eigenvalue weighted by Gasteiger charge is 2.29. The molecule has 2 aromatic carbocycles. The molecule has 0 radical (unpaired) electrons. The topological polar surface area (TPSA) is 26.3 Å². The predicted molar refractivity (Wildman–Crippen MR) is 70.1 cm³/mol. The molecule has 2 aromatic rings. The van der Waals surface area contributed by atoms with E-state index >= 15 is 0 Å². The van der Waals surface area contributed by atoms with E-state index in [0.717, 1.165) is 12.1 Å². The van der Waals surface area contributed by atoms with Gasteiger partial charge in [0, 0.05) is 11.6 Å². The molecular weight excluding hydrogens is 286 g/mol. The van der Waals surface area contributed by atoms with Crippen molar-refractivity contribution < 1.29 is 18.3 Å². The standard InChI is InChI=1S/C15H9ClF2O2/c16-12-5-8(17)1-3-10(12)15-7-13(19)11-4-2-9(18)6-14(11)20-15/h1-6,15H,7H2. The molecule has 1 unspecified atom stereocenters. The van der Waals surface area contributed by atoms with Gasteiger partial charge >= 0.3 is 0 Å². The fourth-order valence-electron chi connectivity index (χ4n) is 2.23. The molecule has 3 rings (SSSR count). The molecule has 0 saturated heterocycles. The maximum Gasteiger partial charge on any atom is 0.170 e. The zero-order valence-corrected chi connectivity index (χ0v) is 11.0. The lowest BCUT2D eigenvalue weighted by Gasteiger charge is -2.26. The highest BCUT2D eigenvalue weighted by atomic mass is 35.5. The number of hydrogen-bond acceptors (Lipinski definition) is 2. The van der Waals surface area contributed by atoms with E-state index in [9.17, 15) is 13.6 Å². The van der Waals surface area contributed by atoms with E-state index in [-0.39, 0.29) is 23.0 Å². The molecule has 0 amide bonds. The Morgan fingerprint density at radius 2 is 1.80 bits per heavy atom. The fraction of sp³-hybridized carbons (Fsp3) is 0.133. The minimum absolute atomic E-state index is 0.0873. The number of carbonyl (C=O) groups is 1. The van der Waals surface area contributed by atoms with Gasteiger partial charge in [0.05, 0.1) is 17.0 Å². The summed E-state index contributed by atoms with van der Waals surface area (Å²) in [7, 11) is 0. The second-order valence-corrected chi connectivity index (χ2v) is 4.95. The SMILES string of the molecule is O=C1CC(c2ccc(F)cc2Cl)Oc2cc(F)ccc21. The first-order chi connectivity index (χ1) is 9.54. The number of hydrogen-bond donors (Lipinski definition) is 0. The van der Waals surface area contributed by atoms with E-state index in [0.29, 0.717) is 11.1 Å². The third kappa shape index (κ3) is 2.27. The van der Waals surface area contributed by atoms with Gasteiger partial charge in [0.1, 0.15) is 23.5 Å². The molecule has 1 aliphatic heterocycles. The largest absolute Gasteiger partial charge is 0.484 e. The summed E-state index contributed by atoms with van der Waals surface area (Å²) in [4.78, 5) is 12.0. The summed E-state index contributed by atoms with van der Waals surface area (Å²) < 4.78 is 31.9. The third-order valence-corrected chi connectivity index (χ3v) is 3.52. The minimum Gasteiger partial charge on any atom is -0.484 e. The molecule has 0 spiro atoms. The zero-order chi connectivity index (χ0) is 14.3. The maximum atomic E-state index is 13.2. The molecule has 102 valence electrons. The van der Waals surface area contributed by atoms with Crippen LogP contribution in [0.4, 0.5) is 8.78 Å². The number of halogens is 3. The van der Waals surface area contributed by atoms with Crippen molar-refractivity contribution in [1.82, 2.24) is 0 Å². The average molecular weight is 295 g/mol. The van der Waals surface area contributed by atoms with Crippen LogP contribution >= 0.6 is 11.6 Å². The first-order valence-corrected chi connectivity index (χ1v) is 6.37. The molecule has 1 heterocycles. The minimum atomic E-state index is -0.634. The van der Waals surface area contributed by atoms with Crippen molar-refractivity contribution in [3.05, 3.63) is 64.2 Å². The Labute approximate surface area is 118 Å². The lowest BCUT2D eigenvalue weighted by molar-refractivity contribution is 0.0849. The van der Waals surface area contributed by atoms with Crippen LogP contribution in [0.1, 0.15) is 28.4 Å². The smallest absolute Gasteiger partial charge is 0.170 e. The van der Waals surface area contributed by atoms with E-state index in [1.165, 1.54) is 24.3 Å².